The highest BCUT2D eigenvalue weighted by atomic mass is 16.5. The van der Waals surface area contributed by atoms with Crippen LogP contribution in [-0.4, -0.2) is 56.4 Å². The Morgan fingerprint density at radius 1 is 1.10 bits per heavy atom. The lowest BCUT2D eigenvalue weighted by atomic mass is 9.82. The minimum atomic E-state index is -0.666. The molecule has 2 aliphatic rings. The molecule has 1 saturated heterocycles. The van der Waals surface area contributed by atoms with Crippen LogP contribution in [0.4, 0.5) is 0 Å². The number of ether oxygens (including phenoxy) is 4. The third-order valence-electron chi connectivity index (χ3n) is 5.11. The van der Waals surface area contributed by atoms with Gasteiger partial charge in [0.1, 0.15) is 5.75 Å². The summed E-state index contributed by atoms with van der Waals surface area (Å²) in [7, 11) is 2.66. The average molecular weight is 415 g/mol. The van der Waals surface area contributed by atoms with Gasteiger partial charge < -0.3 is 23.8 Å². The van der Waals surface area contributed by atoms with Gasteiger partial charge in [0.05, 0.1) is 43.5 Å². The molecular weight excluding hydrogens is 386 g/mol. The van der Waals surface area contributed by atoms with Crippen molar-refractivity contribution in [3.05, 3.63) is 53.4 Å². The van der Waals surface area contributed by atoms with Gasteiger partial charge in [-0.15, -0.1) is 0 Å². The van der Waals surface area contributed by atoms with Gasteiger partial charge in [0.15, 0.2) is 0 Å². The highest BCUT2D eigenvalue weighted by molar-refractivity contribution is 5.98. The molecule has 0 aromatic heterocycles. The number of esters is 2. The predicted molar refractivity (Wildman–Crippen MR) is 111 cm³/mol. The molecule has 0 bridgehead atoms. The maximum atomic E-state index is 12.8. The van der Waals surface area contributed by atoms with E-state index >= 15 is 0 Å². The highest BCUT2D eigenvalue weighted by Crippen LogP contribution is 2.41. The summed E-state index contributed by atoms with van der Waals surface area (Å²) in [6, 6.07) is 7.39. The molecule has 0 aliphatic carbocycles. The van der Waals surface area contributed by atoms with Crippen molar-refractivity contribution in [1.82, 2.24) is 4.90 Å². The molecule has 0 radical (unpaired) electrons. The van der Waals surface area contributed by atoms with E-state index in [1.807, 2.05) is 43.0 Å². The summed E-state index contributed by atoms with van der Waals surface area (Å²) in [5.41, 5.74) is 1.40. The van der Waals surface area contributed by atoms with Crippen molar-refractivity contribution >= 4 is 11.9 Å². The van der Waals surface area contributed by atoms with E-state index < -0.39 is 17.9 Å². The fourth-order valence-corrected chi connectivity index (χ4v) is 3.83. The molecule has 2 heterocycles. The molecular formula is C23H29NO6. The molecule has 7 heteroatoms. The first kappa shape index (κ1) is 21.9. The van der Waals surface area contributed by atoms with Gasteiger partial charge in [-0.1, -0.05) is 18.2 Å². The van der Waals surface area contributed by atoms with Crippen molar-refractivity contribution in [3.63, 3.8) is 0 Å². The van der Waals surface area contributed by atoms with Crippen LogP contribution < -0.4 is 4.74 Å². The minimum absolute atomic E-state index is 0.0448. The minimum Gasteiger partial charge on any atom is -0.491 e. The number of carbonyl (C=O) groups is 2. The zero-order chi connectivity index (χ0) is 21.7. The first-order chi connectivity index (χ1) is 14.4. The van der Waals surface area contributed by atoms with Gasteiger partial charge in [-0.2, -0.15) is 0 Å². The Morgan fingerprint density at radius 2 is 1.73 bits per heavy atom. The Bertz CT molecular complexity index is 804. The van der Waals surface area contributed by atoms with Crippen LogP contribution >= 0.6 is 0 Å². The van der Waals surface area contributed by atoms with Gasteiger partial charge in [0.2, 0.25) is 0 Å². The van der Waals surface area contributed by atoms with Crippen LogP contribution in [0, 0.1) is 0 Å². The fourth-order valence-electron chi connectivity index (χ4n) is 3.83. The van der Waals surface area contributed by atoms with E-state index in [9.17, 15) is 9.59 Å². The van der Waals surface area contributed by atoms with Gasteiger partial charge >= 0.3 is 11.9 Å². The monoisotopic (exact) mass is 415 g/mol. The van der Waals surface area contributed by atoms with Crippen LogP contribution in [0.3, 0.4) is 0 Å². The summed E-state index contributed by atoms with van der Waals surface area (Å²) < 4.78 is 21.8. The number of carbonyl (C=O) groups excluding carboxylic acids is 2. The maximum Gasteiger partial charge on any atom is 0.336 e. The second-order valence-corrected chi connectivity index (χ2v) is 7.62. The van der Waals surface area contributed by atoms with E-state index in [1.54, 1.807) is 12.4 Å². The van der Waals surface area contributed by atoms with Crippen LogP contribution in [0.5, 0.6) is 5.75 Å². The Balaban J connectivity index is 2.07. The molecule has 162 valence electrons. The van der Waals surface area contributed by atoms with Crippen LogP contribution in [0.2, 0.25) is 0 Å². The number of methoxy groups -OCH3 is 2. The molecule has 0 spiro atoms. The third kappa shape index (κ3) is 4.84. The van der Waals surface area contributed by atoms with Crippen molar-refractivity contribution in [2.75, 3.05) is 27.4 Å². The van der Waals surface area contributed by atoms with E-state index in [4.69, 9.17) is 18.9 Å². The maximum absolute atomic E-state index is 12.8. The molecule has 7 nitrogen and oxygen atoms in total. The molecule has 30 heavy (non-hydrogen) atoms. The molecule has 0 unspecified atom stereocenters. The lowest BCUT2D eigenvalue weighted by molar-refractivity contribution is -0.137. The summed E-state index contributed by atoms with van der Waals surface area (Å²) in [5.74, 6) is -1.08. The standard InChI is InChI=1S/C23H29NO6/c1-15(2)30-20-10-6-5-9-17(20)21-18(22(25)27-3)13-24(12-16-8-7-11-29-16)14-19(21)23(26)28-4/h5-6,9-10,13-16,21H,7-8,11-12H2,1-4H3/t16-/m0/s1. The number of benzene rings is 1. The number of nitrogens with zero attached hydrogens (tertiary/aromatic N) is 1. The van der Waals surface area contributed by atoms with Gasteiger partial charge in [-0.3, -0.25) is 0 Å². The Labute approximate surface area is 177 Å². The topological polar surface area (TPSA) is 74.3 Å². The molecule has 1 aromatic carbocycles. The molecule has 0 amide bonds. The van der Waals surface area contributed by atoms with Crippen molar-refractivity contribution in [2.45, 2.75) is 44.8 Å². The third-order valence-corrected chi connectivity index (χ3v) is 5.11. The fraction of sp³-hybridized carbons (Fsp3) is 0.478. The zero-order valence-electron chi connectivity index (χ0n) is 17.9. The second kappa shape index (κ2) is 9.80. The first-order valence-corrected chi connectivity index (χ1v) is 10.2. The molecule has 0 saturated carbocycles. The summed E-state index contributed by atoms with van der Waals surface area (Å²) in [4.78, 5) is 27.3. The summed E-state index contributed by atoms with van der Waals surface area (Å²) in [5, 5.41) is 0. The van der Waals surface area contributed by atoms with Crippen molar-refractivity contribution in [2.24, 2.45) is 0 Å². The molecule has 1 fully saturated rings. The number of rotatable bonds is 7. The van der Waals surface area contributed by atoms with Crippen molar-refractivity contribution < 1.29 is 28.5 Å². The van der Waals surface area contributed by atoms with E-state index in [0.29, 0.717) is 29.0 Å². The first-order valence-electron chi connectivity index (χ1n) is 10.2. The van der Waals surface area contributed by atoms with Crippen molar-refractivity contribution in [3.8, 4) is 5.75 Å². The summed E-state index contributed by atoms with van der Waals surface area (Å²) >= 11 is 0. The number of hydrogen-bond donors (Lipinski definition) is 0. The number of para-hydroxylation sites is 1. The van der Waals surface area contributed by atoms with E-state index in [-0.39, 0.29) is 12.2 Å². The average Bonchev–Trinajstić information content (AvgIpc) is 3.25. The normalized spacial score (nSPS) is 19.4. The lowest BCUT2D eigenvalue weighted by Crippen LogP contribution is -2.32. The van der Waals surface area contributed by atoms with Crippen LogP contribution in [0.15, 0.2) is 47.8 Å². The van der Waals surface area contributed by atoms with Crippen LogP contribution in [0.1, 0.15) is 38.2 Å². The predicted octanol–water partition coefficient (Wildman–Crippen LogP) is 3.17. The quantitative estimate of drug-likeness (QED) is 0.633. The summed E-state index contributed by atoms with van der Waals surface area (Å²) in [6.45, 7) is 5.12. The highest BCUT2D eigenvalue weighted by Gasteiger charge is 2.37. The van der Waals surface area contributed by atoms with E-state index in [2.05, 4.69) is 0 Å². The Kier molecular flexibility index (Phi) is 7.15. The van der Waals surface area contributed by atoms with Crippen molar-refractivity contribution in [1.29, 1.82) is 0 Å². The van der Waals surface area contributed by atoms with Gasteiger partial charge in [-0.25, -0.2) is 9.59 Å². The van der Waals surface area contributed by atoms with Gasteiger partial charge in [0, 0.05) is 31.1 Å². The SMILES string of the molecule is COC(=O)C1=CN(C[C@@H]2CCCO2)C=C(C(=O)OC)C1c1ccccc1OC(C)C. The zero-order valence-corrected chi connectivity index (χ0v) is 17.9. The molecule has 3 rings (SSSR count). The Morgan fingerprint density at radius 3 is 2.27 bits per heavy atom. The van der Waals surface area contributed by atoms with Gasteiger partial charge in [-0.05, 0) is 32.8 Å². The smallest absolute Gasteiger partial charge is 0.336 e. The Hall–Kier alpha value is -2.80. The lowest BCUT2D eigenvalue weighted by Gasteiger charge is -2.32. The second-order valence-electron chi connectivity index (χ2n) is 7.62. The van der Waals surface area contributed by atoms with Crippen LogP contribution in [0.25, 0.3) is 0 Å². The molecule has 2 aliphatic heterocycles. The van der Waals surface area contributed by atoms with E-state index in [1.165, 1.54) is 14.2 Å². The van der Waals surface area contributed by atoms with Crippen LogP contribution in [-0.2, 0) is 23.8 Å². The van der Waals surface area contributed by atoms with Gasteiger partial charge in [0.25, 0.3) is 0 Å². The summed E-state index contributed by atoms with van der Waals surface area (Å²) in [6.07, 6.45) is 5.38. The molecule has 0 N–H and O–H groups in total. The largest absolute Gasteiger partial charge is 0.491 e. The molecule has 1 atom stereocenters. The molecule has 1 aromatic rings. The number of hydrogen-bond acceptors (Lipinski definition) is 7. The van der Waals surface area contributed by atoms with E-state index in [0.717, 1.165) is 19.4 Å².